The summed E-state index contributed by atoms with van der Waals surface area (Å²) >= 11 is 0. The Labute approximate surface area is 125 Å². The number of likely N-dealkylation sites (tertiary alicyclic amines) is 1. The van der Waals surface area contributed by atoms with Crippen LogP contribution in [0.3, 0.4) is 0 Å². The maximum absolute atomic E-state index is 11.7. The second-order valence-corrected chi connectivity index (χ2v) is 4.69. The molecule has 0 spiro atoms. The maximum atomic E-state index is 11.7. The van der Waals surface area contributed by atoms with Gasteiger partial charge in [-0.3, -0.25) is 9.59 Å². The van der Waals surface area contributed by atoms with Crippen LogP contribution in [0.1, 0.15) is 13.3 Å². The van der Waals surface area contributed by atoms with Crippen molar-refractivity contribution in [3.63, 3.8) is 0 Å². The summed E-state index contributed by atoms with van der Waals surface area (Å²) in [6, 6.07) is 0. The molecule has 1 saturated heterocycles. The summed E-state index contributed by atoms with van der Waals surface area (Å²) in [4.78, 5) is 24.7. The number of rotatable bonds is 11. The van der Waals surface area contributed by atoms with Gasteiger partial charge in [-0.2, -0.15) is 0 Å². The van der Waals surface area contributed by atoms with E-state index in [0.29, 0.717) is 52.7 Å². The predicted octanol–water partition coefficient (Wildman–Crippen LogP) is 0.0776. The Hall–Kier alpha value is -1.18. The van der Waals surface area contributed by atoms with E-state index in [1.165, 1.54) is 7.11 Å². The number of ether oxygens (including phenoxy) is 4. The van der Waals surface area contributed by atoms with Gasteiger partial charge < -0.3 is 23.8 Å². The van der Waals surface area contributed by atoms with Crippen LogP contribution in [0, 0.1) is 5.92 Å². The van der Waals surface area contributed by atoms with E-state index in [1.54, 1.807) is 4.90 Å². The number of methoxy groups -OCH3 is 1. The first-order valence-corrected chi connectivity index (χ1v) is 7.27. The van der Waals surface area contributed by atoms with Crippen LogP contribution in [-0.2, 0) is 28.5 Å². The maximum Gasteiger partial charge on any atom is 0.310 e. The molecule has 1 atom stereocenters. The number of nitrogens with zero attached hydrogens (tertiary/aromatic N) is 1. The lowest BCUT2D eigenvalue weighted by molar-refractivity contribution is -0.145. The zero-order chi connectivity index (χ0) is 15.5. The quantitative estimate of drug-likeness (QED) is 0.397. The molecule has 0 aliphatic carbocycles. The molecule has 1 aliphatic heterocycles. The van der Waals surface area contributed by atoms with Crippen molar-refractivity contribution in [1.29, 1.82) is 0 Å². The van der Waals surface area contributed by atoms with Crippen molar-refractivity contribution in [2.24, 2.45) is 5.92 Å². The zero-order valence-electron chi connectivity index (χ0n) is 12.8. The fourth-order valence-electron chi connectivity index (χ4n) is 2.07. The summed E-state index contributed by atoms with van der Waals surface area (Å²) in [5.74, 6) is -0.694. The van der Waals surface area contributed by atoms with Crippen LogP contribution in [0.2, 0.25) is 0 Å². The van der Waals surface area contributed by atoms with Crippen molar-refractivity contribution < 1.29 is 28.5 Å². The molecule has 0 aromatic heterocycles. The lowest BCUT2D eigenvalue weighted by Crippen LogP contribution is -2.30. The van der Waals surface area contributed by atoms with Crippen molar-refractivity contribution in [3.8, 4) is 0 Å². The third-order valence-corrected chi connectivity index (χ3v) is 3.20. The van der Waals surface area contributed by atoms with Crippen molar-refractivity contribution >= 4 is 11.9 Å². The van der Waals surface area contributed by atoms with Crippen molar-refractivity contribution in [2.45, 2.75) is 13.3 Å². The van der Waals surface area contributed by atoms with E-state index in [-0.39, 0.29) is 24.2 Å². The molecule has 0 N–H and O–H groups in total. The van der Waals surface area contributed by atoms with E-state index in [1.807, 2.05) is 6.92 Å². The number of carbonyl (C=O) groups excluding carboxylic acids is 2. The highest BCUT2D eigenvalue weighted by Gasteiger charge is 2.34. The molecule has 1 amide bonds. The SMILES string of the molecule is CCOCCOCCOCCN1CC(C(=O)OC)CC1=O. The van der Waals surface area contributed by atoms with Gasteiger partial charge in [-0.1, -0.05) is 0 Å². The lowest BCUT2D eigenvalue weighted by Gasteiger charge is -2.16. The van der Waals surface area contributed by atoms with Crippen LogP contribution in [0.4, 0.5) is 0 Å². The Morgan fingerprint density at radius 1 is 1.14 bits per heavy atom. The van der Waals surface area contributed by atoms with Gasteiger partial charge >= 0.3 is 5.97 Å². The summed E-state index contributed by atoms with van der Waals surface area (Å²) in [7, 11) is 1.34. The molecular weight excluding hydrogens is 278 g/mol. The smallest absolute Gasteiger partial charge is 0.310 e. The van der Waals surface area contributed by atoms with Crippen molar-refractivity contribution in [1.82, 2.24) is 4.90 Å². The highest BCUT2D eigenvalue weighted by Crippen LogP contribution is 2.18. The zero-order valence-corrected chi connectivity index (χ0v) is 12.8. The standard InChI is InChI=1S/C14H25NO6/c1-3-19-6-7-21-9-8-20-5-4-15-11-12(10-13(15)16)14(17)18-2/h12H,3-11H2,1-2H3. The summed E-state index contributed by atoms with van der Waals surface area (Å²) < 4.78 is 20.5. The molecule has 1 fully saturated rings. The molecule has 1 unspecified atom stereocenters. The highest BCUT2D eigenvalue weighted by atomic mass is 16.5. The molecule has 7 nitrogen and oxygen atoms in total. The molecule has 1 rings (SSSR count). The molecule has 0 saturated carbocycles. The Balaban J connectivity index is 2.00. The van der Waals surface area contributed by atoms with E-state index in [0.717, 1.165) is 0 Å². The predicted molar refractivity (Wildman–Crippen MR) is 74.8 cm³/mol. The van der Waals surface area contributed by atoms with Gasteiger partial charge in [-0.05, 0) is 6.92 Å². The average Bonchev–Trinajstić information content (AvgIpc) is 2.86. The molecule has 0 radical (unpaired) electrons. The Morgan fingerprint density at radius 3 is 2.38 bits per heavy atom. The number of hydrogen-bond donors (Lipinski definition) is 0. The Bertz CT molecular complexity index is 323. The largest absolute Gasteiger partial charge is 0.469 e. The monoisotopic (exact) mass is 303 g/mol. The number of carbonyl (C=O) groups is 2. The molecule has 0 aromatic rings. The molecule has 0 bridgehead atoms. The minimum Gasteiger partial charge on any atom is -0.469 e. The van der Waals surface area contributed by atoms with Crippen LogP contribution >= 0.6 is 0 Å². The van der Waals surface area contributed by atoms with Gasteiger partial charge in [0.25, 0.3) is 0 Å². The van der Waals surface area contributed by atoms with Crippen molar-refractivity contribution in [2.75, 3.05) is 59.8 Å². The summed E-state index contributed by atoms with van der Waals surface area (Å²) in [5, 5.41) is 0. The fourth-order valence-corrected chi connectivity index (χ4v) is 2.07. The van der Waals surface area contributed by atoms with E-state index >= 15 is 0 Å². The molecule has 1 aliphatic rings. The number of hydrogen-bond acceptors (Lipinski definition) is 6. The van der Waals surface area contributed by atoms with E-state index in [9.17, 15) is 9.59 Å². The van der Waals surface area contributed by atoms with Crippen LogP contribution in [0.25, 0.3) is 0 Å². The third kappa shape index (κ3) is 6.88. The summed E-state index contributed by atoms with van der Waals surface area (Å²) in [5.41, 5.74) is 0. The summed E-state index contributed by atoms with van der Waals surface area (Å²) in [6.07, 6.45) is 0.229. The molecule has 0 aromatic carbocycles. The van der Waals surface area contributed by atoms with Gasteiger partial charge in [0.05, 0.1) is 46.1 Å². The van der Waals surface area contributed by atoms with Crippen LogP contribution in [0.5, 0.6) is 0 Å². The molecular formula is C14H25NO6. The topological polar surface area (TPSA) is 74.3 Å². The van der Waals surface area contributed by atoms with Gasteiger partial charge in [0, 0.05) is 26.1 Å². The minimum atomic E-state index is -0.343. The van der Waals surface area contributed by atoms with Crippen LogP contribution < -0.4 is 0 Å². The minimum absolute atomic E-state index is 0.0260. The molecule has 1 heterocycles. The lowest BCUT2D eigenvalue weighted by atomic mass is 10.1. The average molecular weight is 303 g/mol. The molecule has 7 heteroatoms. The first kappa shape index (κ1) is 17.9. The first-order chi connectivity index (χ1) is 10.2. The van der Waals surface area contributed by atoms with Gasteiger partial charge in [0.1, 0.15) is 0 Å². The summed E-state index contributed by atoms with van der Waals surface area (Å²) in [6.45, 7) is 6.11. The second kappa shape index (κ2) is 10.5. The van der Waals surface area contributed by atoms with Crippen LogP contribution in [-0.4, -0.2) is 76.6 Å². The van der Waals surface area contributed by atoms with Crippen molar-refractivity contribution in [3.05, 3.63) is 0 Å². The molecule has 122 valence electrons. The number of amides is 1. The number of esters is 1. The second-order valence-electron chi connectivity index (χ2n) is 4.69. The fraction of sp³-hybridized carbons (Fsp3) is 0.857. The Kier molecular flexibility index (Phi) is 8.96. The third-order valence-electron chi connectivity index (χ3n) is 3.20. The molecule has 21 heavy (non-hydrogen) atoms. The van der Waals surface area contributed by atoms with Gasteiger partial charge in [0.15, 0.2) is 0 Å². The van der Waals surface area contributed by atoms with Gasteiger partial charge in [-0.15, -0.1) is 0 Å². The highest BCUT2D eigenvalue weighted by molar-refractivity contribution is 5.86. The first-order valence-electron chi connectivity index (χ1n) is 7.27. The van der Waals surface area contributed by atoms with Gasteiger partial charge in [0.2, 0.25) is 5.91 Å². The van der Waals surface area contributed by atoms with E-state index in [2.05, 4.69) is 4.74 Å². The van der Waals surface area contributed by atoms with E-state index in [4.69, 9.17) is 14.2 Å². The Morgan fingerprint density at radius 2 is 1.76 bits per heavy atom. The van der Waals surface area contributed by atoms with Gasteiger partial charge in [-0.25, -0.2) is 0 Å². The van der Waals surface area contributed by atoms with Crippen LogP contribution in [0.15, 0.2) is 0 Å². The van der Waals surface area contributed by atoms with E-state index < -0.39 is 0 Å². The normalized spacial score (nSPS) is 18.3.